The number of halogens is 1. The van der Waals surface area contributed by atoms with Crippen molar-refractivity contribution >= 4 is 40.6 Å². The second-order valence-electron chi connectivity index (χ2n) is 6.69. The molecule has 150 valence electrons. The predicted octanol–water partition coefficient (Wildman–Crippen LogP) is 3.71. The molecule has 1 aliphatic heterocycles. The van der Waals surface area contributed by atoms with E-state index in [0.717, 1.165) is 5.01 Å². The number of aromatic nitrogens is 1. The van der Waals surface area contributed by atoms with Crippen molar-refractivity contribution in [2.75, 3.05) is 31.6 Å². The smallest absolute Gasteiger partial charge is 0.322 e. The third kappa shape index (κ3) is 5.21. The third-order valence-electron chi connectivity index (χ3n) is 4.35. The number of nitrogens with zero attached hydrogens (tertiary/aromatic N) is 3. The lowest BCUT2D eigenvalue weighted by Crippen LogP contribution is -2.41. The molecule has 1 aliphatic rings. The van der Waals surface area contributed by atoms with Gasteiger partial charge in [-0.2, -0.15) is 0 Å². The first-order valence-corrected chi connectivity index (χ1v) is 10.3. The van der Waals surface area contributed by atoms with Crippen LogP contribution in [0.1, 0.15) is 29.3 Å². The molecule has 0 spiro atoms. The average Bonchev–Trinajstić information content (AvgIpc) is 3.16. The van der Waals surface area contributed by atoms with Gasteiger partial charge in [0, 0.05) is 35.2 Å². The number of nitrogens with one attached hydrogen (secondary N) is 1. The maximum atomic E-state index is 12.7. The number of morpholine rings is 1. The number of ether oxygens (including phenoxy) is 1. The van der Waals surface area contributed by atoms with Gasteiger partial charge in [0.2, 0.25) is 0 Å². The van der Waals surface area contributed by atoms with Crippen LogP contribution in [0.2, 0.25) is 5.02 Å². The van der Waals surface area contributed by atoms with Crippen LogP contribution in [0.4, 0.5) is 10.5 Å². The monoisotopic (exact) mass is 422 g/mol. The molecule has 9 heteroatoms. The van der Waals surface area contributed by atoms with Gasteiger partial charge < -0.3 is 19.9 Å². The molecule has 0 atom stereocenters. The quantitative estimate of drug-likeness (QED) is 0.796. The number of rotatable bonds is 5. The zero-order valence-electron chi connectivity index (χ0n) is 15.9. The van der Waals surface area contributed by atoms with Crippen LogP contribution in [0.25, 0.3) is 0 Å². The Morgan fingerprint density at radius 1 is 1.29 bits per heavy atom. The Kier molecular flexibility index (Phi) is 6.88. The summed E-state index contributed by atoms with van der Waals surface area (Å²) in [4.78, 5) is 33.1. The molecule has 1 N–H and O–H groups in total. The summed E-state index contributed by atoms with van der Waals surface area (Å²) in [5.41, 5.74) is 1.09. The minimum Gasteiger partial charge on any atom is -0.378 e. The van der Waals surface area contributed by atoms with Crippen molar-refractivity contribution in [1.82, 2.24) is 14.8 Å². The molecule has 0 unspecified atom stereocenters. The van der Waals surface area contributed by atoms with Gasteiger partial charge in [-0.1, -0.05) is 11.6 Å². The molecule has 0 radical (unpaired) electrons. The summed E-state index contributed by atoms with van der Waals surface area (Å²) in [6, 6.07) is 6.69. The van der Waals surface area contributed by atoms with E-state index in [1.165, 1.54) is 11.3 Å². The van der Waals surface area contributed by atoms with E-state index < -0.39 is 0 Å². The number of carbonyl (C=O) groups excluding carboxylic acids is 2. The van der Waals surface area contributed by atoms with Crippen LogP contribution < -0.4 is 5.32 Å². The lowest BCUT2D eigenvalue weighted by atomic mass is 10.3. The van der Waals surface area contributed by atoms with Crippen LogP contribution in [0, 0.1) is 0 Å². The number of hydrogen-bond donors (Lipinski definition) is 1. The second kappa shape index (κ2) is 9.36. The predicted molar refractivity (Wildman–Crippen MR) is 110 cm³/mol. The Bertz CT molecular complexity index is 819. The van der Waals surface area contributed by atoms with E-state index in [9.17, 15) is 9.59 Å². The van der Waals surface area contributed by atoms with Gasteiger partial charge >= 0.3 is 6.03 Å². The van der Waals surface area contributed by atoms with Crippen molar-refractivity contribution in [2.45, 2.75) is 26.4 Å². The molecule has 28 heavy (non-hydrogen) atoms. The summed E-state index contributed by atoms with van der Waals surface area (Å²) >= 11 is 7.27. The van der Waals surface area contributed by atoms with Gasteiger partial charge in [0.15, 0.2) is 0 Å². The highest BCUT2D eigenvalue weighted by molar-refractivity contribution is 7.09. The minimum absolute atomic E-state index is 0.0328. The van der Waals surface area contributed by atoms with Gasteiger partial charge in [-0.25, -0.2) is 9.78 Å². The number of benzene rings is 1. The van der Waals surface area contributed by atoms with Crippen molar-refractivity contribution < 1.29 is 14.3 Å². The van der Waals surface area contributed by atoms with E-state index in [1.807, 2.05) is 13.8 Å². The van der Waals surface area contributed by atoms with E-state index in [1.54, 1.807) is 39.4 Å². The molecular weight excluding hydrogens is 400 g/mol. The normalized spacial score (nSPS) is 14.2. The summed E-state index contributed by atoms with van der Waals surface area (Å²) in [6.45, 7) is 6.46. The van der Waals surface area contributed by atoms with Crippen LogP contribution >= 0.6 is 22.9 Å². The molecule has 1 saturated heterocycles. The van der Waals surface area contributed by atoms with Crippen molar-refractivity contribution in [3.05, 3.63) is 45.4 Å². The van der Waals surface area contributed by atoms with Crippen LogP contribution in [-0.2, 0) is 11.3 Å². The van der Waals surface area contributed by atoms with Crippen molar-refractivity contribution in [3.8, 4) is 0 Å². The molecule has 0 aliphatic carbocycles. The molecule has 1 aromatic heterocycles. The van der Waals surface area contributed by atoms with E-state index in [-0.39, 0.29) is 18.0 Å². The third-order valence-corrected chi connectivity index (χ3v) is 5.44. The fraction of sp³-hybridized carbons (Fsp3) is 0.421. The number of carbonyl (C=O) groups is 2. The first-order chi connectivity index (χ1) is 13.4. The van der Waals surface area contributed by atoms with Crippen LogP contribution in [0.5, 0.6) is 0 Å². The highest BCUT2D eigenvalue weighted by Crippen LogP contribution is 2.18. The Morgan fingerprint density at radius 3 is 2.61 bits per heavy atom. The van der Waals surface area contributed by atoms with Crippen molar-refractivity contribution in [1.29, 1.82) is 0 Å². The van der Waals surface area contributed by atoms with Gasteiger partial charge in [-0.05, 0) is 38.1 Å². The van der Waals surface area contributed by atoms with Crippen LogP contribution in [0.3, 0.4) is 0 Å². The average molecular weight is 423 g/mol. The highest BCUT2D eigenvalue weighted by atomic mass is 35.5. The number of amides is 3. The summed E-state index contributed by atoms with van der Waals surface area (Å²) in [7, 11) is 0. The molecule has 7 nitrogen and oxygen atoms in total. The molecule has 3 amide bonds. The molecule has 0 bridgehead atoms. The molecule has 3 rings (SSSR count). The summed E-state index contributed by atoms with van der Waals surface area (Å²) < 4.78 is 5.28. The minimum atomic E-state index is -0.228. The van der Waals surface area contributed by atoms with E-state index in [0.29, 0.717) is 49.3 Å². The first kappa shape index (κ1) is 20.6. The topological polar surface area (TPSA) is 74.8 Å². The lowest BCUT2D eigenvalue weighted by Gasteiger charge is -2.26. The fourth-order valence-electron chi connectivity index (χ4n) is 2.77. The maximum Gasteiger partial charge on any atom is 0.322 e. The van der Waals surface area contributed by atoms with E-state index in [2.05, 4.69) is 10.3 Å². The van der Waals surface area contributed by atoms with Crippen molar-refractivity contribution in [3.63, 3.8) is 0 Å². The van der Waals surface area contributed by atoms with E-state index in [4.69, 9.17) is 16.3 Å². The summed E-state index contributed by atoms with van der Waals surface area (Å²) in [5.74, 6) is -0.0903. The highest BCUT2D eigenvalue weighted by Gasteiger charge is 2.23. The van der Waals surface area contributed by atoms with Gasteiger partial charge in [-0.3, -0.25) is 4.79 Å². The Labute approximate surface area is 173 Å². The van der Waals surface area contributed by atoms with Gasteiger partial charge in [0.25, 0.3) is 5.91 Å². The van der Waals surface area contributed by atoms with Crippen LogP contribution in [-0.4, -0.2) is 59.1 Å². The largest absolute Gasteiger partial charge is 0.378 e. The molecule has 1 aromatic carbocycles. The first-order valence-electron chi connectivity index (χ1n) is 9.08. The van der Waals surface area contributed by atoms with E-state index >= 15 is 0 Å². The molecule has 2 aromatic rings. The Morgan fingerprint density at radius 2 is 1.96 bits per heavy atom. The molecule has 1 fully saturated rings. The number of hydrogen-bond acceptors (Lipinski definition) is 5. The Hall–Kier alpha value is -2.16. The standard InChI is InChI=1S/C19H23ClN4O3S/c1-13(2)24(19(26)21-15-5-3-14(20)4-6-15)11-17-22-16(12-28-17)18(25)23-7-9-27-10-8-23/h3-6,12-13H,7-11H2,1-2H3,(H,21,26). The zero-order chi connectivity index (χ0) is 20.1. The summed E-state index contributed by atoms with van der Waals surface area (Å²) in [5, 5.41) is 5.95. The maximum absolute atomic E-state index is 12.7. The fourth-order valence-corrected chi connectivity index (χ4v) is 3.67. The zero-order valence-corrected chi connectivity index (χ0v) is 17.4. The lowest BCUT2D eigenvalue weighted by molar-refractivity contribution is 0.0299. The SMILES string of the molecule is CC(C)N(Cc1nc(C(=O)N2CCOCC2)cs1)C(=O)Nc1ccc(Cl)cc1. The Balaban J connectivity index is 1.65. The summed E-state index contributed by atoms with van der Waals surface area (Å²) in [6.07, 6.45) is 0. The number of thiazole rings is 1. The number of anilines is 1. The van der Waals surface area contributed by atoms with Crippen molar-refractivity contribution in [2.24, 2.45) is 0 Å². The van der Waals surface area contributed by atoms with Gasteiger partial charge in [0.1, 0.15) is 10.7 Å². The van der Waals surface area contributed by atoms with Gasteiger partial charge in [0.05, 0.1) is 19.8 Å². The molecular formula is C19H23ClN4O3S. The van der Waals surface area contributed by atoms with Crippen LogP contribution in [0.15, 0.2) is 29.6 Å². The second-order valence-corrected chi connectivity index (χ2v) is 8.07. The van der Waals surface area contributed by atoms with Gasteiger partial charge in [-0.15, -0.1) is 11.3 Å². The molecule has 0 saturated carbocycles. The molecule has 2 heterocycles. The number of urea groups is 1.